The van der Waals surface area contributed by atoms with Crippen molar-refractivity contribution in [1.29, 1.82) is 0 Å². The van der Waals surface area contributed by atoms with E-state index in [2.05, 4.69) is 4.36 Å². The van der Waals surface area contributed by atoms with E-state index < -0.39 is 16.4 Å². The van der Waals surface area contributed by atoms with Crippen LogP contribution in [0.3, 0.4) is 0 Å². The fourth-order valence-electron chi connectivity index (χ4n) is 2.29. The van der Waals surface area contributed by atoms with Crippen molar-refractivity contribution < 1.29 is 18.0 Å². The highest BCUT2D eigenvalue weighted by molar-refractivity contribution is 7.61. The second-order valence-corrected chi connectivity index (χ2v) is 5.78. The zero-order valence-electron chi connectivity index (χ0n) is 13.5. The van der Waals surface area contributed by atoms with E-state index in [0.717, 1.165) is 5.06 Å². The fraction of sp³-hybridized carbons (Fsp3) is 0. The minimum Gasteiger partial charge on any atom is -0.372 e. The second kappa shape index (κ2) is 8.09. The molecule has 0 spiro atoms. The predicted molar refractivity (Wildman–Crippen MR) is 97.8 cm³/mol. The van der Waals surface area contributed by atoms with Crippen LogP contribution in [0.25, 0.3) is 0 Å². The molecule has 0 aliphatic carbocycles. The van der Waals surface area contributed by atoms with Crippen LogP contribution in [0.2, 0.25) is 0 Å². The van der Waals surface area contributed by atoms with Gasteiger partial charge < -0.3 is 4.84 Å². The van der Waals surface area contributed by atoms with Gasteiger partial charge in [0.2, 0.25) is 0 Å². The van der Waals surface area contributed by atoms with Gasteiger partial charge in [-0.2, -0.15) is 8.42 Å². The monoisotopic (exact) mass is 366 g/mol. The van der Waals surface area contributed by atoms with Gasteiger partial charge in [-0.05, 0) is 36.4 Å². The molecule has 0 unspecified atom stereocenters. The van der Waals surface area contributed by atoms with Crippen molar-refractivity contribution in [2.75, 3.05) is 5.06 Å². The molecule has 130 valence electrons. The number of hydrogen-bond donors (Lipinski definition) is 0. The van der Waals surface area contributed by atoms with Gasteiger partial charge in [0.15, 0.2) is 5.75 Å². The molecular weight excluding hydrogens is 352 g/mol. The normalized spacial score (nSPS) is 10.0. The first-order chi connectivity index (χ1) is 12.6. The fourth-order valence-corrected chi connectivity index (χ4v) is 2.61. The number of amides is 1. The van der Waals surface area contributed by atoms with Crippen LogP contribution < -0.4 is 9.90 Å². The summed E-state index contributed by atoms with van der Waals surface area (Å²) in [6.07, 6.45) is 0. The molecule has 0 atom stereocenters. The number of carbonyl (C=O) groups excluding carboxylic acids is 1. The zero-order valence-corrected chi connectivity index (χ0v) is 14.3. The van der Waals surface area contributed by atoms with E-state index in [9.17, 15) is 13.2 Å². The highest BCUT2D eigenvalue weighted by Crippen LogP contribution is 2.25. The Kier molecular flexibility index (Phi) is 5.40. The number of benzene rings is 3. The first kappa shape index (κ1) is 17.4. The van der Waals surface area contributed by atoms with Crippen LogP contribution in [0.4, 0.5) is 11.4 Å². The molecule has 0 radical (unpaired) electrons. The molecule has 0 aliphatic rings. The molecule has 7 heteroatoms. The largest absolute Gasteiger partial charge is 0.372 e. The SMILES string of the molecule is O=C(c1ccccc1N=S(=O)=O)N(Oc1ccccc1)c1ccccc1. The molecule has 0 aromatic heterocycles. The third-order valence-electron chi connectivity index (χ3n) is 3.42. The van der Waals surface area contributed by atoms with Crippen molar-refractivity contribution in [2.24, 2.45) is 4.36 Å². The summed E-state index contributed by atoms with van der Waals surface area (Å²) in [4.78, 5) is 18.9. The van der Waals surface area contributed by atoms with E-state index in [1.165, 1.54) is 12.1 Å². The molecule has 3 rings (SSSR count). The molecule has 0 aliphatic heterocycles. The van der Waals surface area contributed by atoms with Crippen molar-refractivity contribution in [3.8, 4) is 5.75 Å². The van der Waals surface area contributed by atoms with Crippen LogP contribution in [0.5, 0.6) is 5.75 Å². The third kappa shape index (κ3) is 4.14. The Balaban J connectivity index is 2.05. The van der Waals surface area contributed by atoms with Gasteiger partial charge in [0.1, 0.15) is 0 Å². The summed E-state index contributed by atoms with van der Waals surface area (Å²) >= 11 is 0. The molecule has 0 bridgehead atoms. The Bertz CT molecular complexity index is 1030. The van der Waals surface area contributed by atoms with E-state index in [0.29, 0.717) is 11.4 Å². The van der Waals surface area contributed by atoms with E-state index >= 15 is 0 Å². The van der Waals surface area contributed by atoms with Gasteiger partial charge in [-0.3, -0.25) is 4.79 Å². The van der Waals surface area contributed by atoms with Gasteiger partial charge in [0.05, 0.1) is 16.9 Å². The summed E-state index contributed by atoms with van der Waals surface area (Å²) in [5, 5.41) is 1.11. The molecule has 0 N–H and O–H groups in total. The maximum Gasteiger partial charge on any atom is 0.316 e. The van der Waals surface area contributed by atoms with E-state index in [1.807, 2.05) is 12.1 Å². The number of para-hydroxylation sites is 2. The van der Waals surface area contributed by atoms with Gasteiger partial charge >= 0.3 is 10.5 Å². The highest BCUT2D eigenvalue weighted by atomic mass is 32.2. The lowest BCUT2D eigenvalue weighted by Crippen LogP contribution is -2.34. The number of hydroxylamine groups is 1. The minimum atomic E-state index is -2.68. The highest BCUT2D eigenvalue weighted by Gasteiger charge is 2.22. The van der Waals surface area contributed by atoms with Gasteiger partial charge in [-0.1, -0.05) is 48.5 Å². The first-order valence-corrected chi connectivity index (χ1v) is 8.71. The van der Waals surface area contributed by atoms with Crippen LogP contribution in [-0.4, -0.2) is 14.3 Å². The molecule has 0 saturated carbocycles. The number of anilines is 1. The lowest BCUT2D eigenvalue weighted by atomic mass is 10.1. The Hall–Kier alpha value is -3.45. The quantitative estimate of drug-likeness (QED) is 0.639. The van der Waals surface area contributed by atoms with Gasteiger partial charge in [-0.25, -0.2) is 0 Å². The Labute approximate surface area is 151 Å². The number of hydrogen-bond acceptors (Lipinski definition) is 5. The lowest BCUT2D eigenvalue weighted by molar-refractivity contribution is 0.0881. The molecule has 3 aromatic rings. The molecule has 0 saturated heterocycles. The second-order valence-electron chi connectivity index (χ2n) is 5.16. The van der Waals surface area contributed by atoms with Crippen molar-refractivity contribution in [1.82, 2.24) is 0 Å². The van der Waals surface area contributed by atoms with Gasteiger partial charge in [0.25, 0.3) is 5.91 Å². The minimum absolute atomic E-state index is 0.0448. The average Bonchev–Trinajstić information content (AvgIpc) is 2.67. The van der Waals surface area contributed by atoms with Crippen LogP contribution in [0.15, 0.2) is 89.3 Å². The summed E-state index contributed by atoms with van der Waals surface area (Å²) in [5.41, 5.74) is 0.652. The van der Waals surface area contributed by atoms with Crippen LogP contribution in [0.1, 0.15) is 10.4 Å². The Morgan fingerprint density at radius 3 is 2.04 bits per heavy atom. The van der Waals surface area contributed by atoms with Crippen LogP contribution >= 0.6 is 0 Å². The van der Waals surface area contributed by atoms with Crippen molar-refractivity contribution in [2.45, 2.75) is 0 Å². The third-order valence-corrected chi connectivity index (χ3v) is 3.77. The van der Waals surface area contributed by atoms with Gasteiger partial charge in [0, 0.05) is 0 Å². The van der Waals surface area contributed by atoms with E-state index in [1.54, 1.807) is 60.7 Å². The van der Waals surface area contributed by atoms with Crippen LogP contribution in [0, 0.1) is 0 Å². The van der Waals surface area contributed by atoms with Gasteiger partial charge in [-0.15, -0.1) is 9.43 Å². The van der Waals surface area contributed by atoms with E-state index in [4.69, 9.17) is 4.84 Å². The molecule has 3 aromatic carbocycles. The van der Waals surface area contributed by atoms with Crippen molar-refractivity contribution in [3.05, 3.63) is 90.5 Å². The number of rotatable bonds is 5. The van der Waals surface area contributed by atoms with Crippen molar-refractivity contribution in [3.63, 3.8) is 0 Å². The zero-order chi connectivity index (χ0) is 18.4. The molecule has 26 heavy (non-hydrogen) atoms. The van der Waals surface area contributed by atoms with E-state index in [-0.39, 0.29) is 11.3 Å². The standard InChI is InChI=1S/C19H14N2O4S/c22-19(17-13-7-8-14-18(17)20-26(23)24)21(15-9-3-1-4-10-15)25-16-11-5-2-6-12-16/h1-14H. The molecule has 1 amide bonds. The summed E-state index contributed by atoms with van der Waals surface area (Å²) < 4.78 is 25.4. The maximum absolute atomic E-state index is 13.1. The number of nitrogens with zero attached hydrogens (tertiary/aromatic N) is 2. The smallest absolute Gasteiger partial charge is 0.316 e. The van der Waals surface area contributed by atoms with Crippen molar-refractivity contribution >= 4 is 27.8 Å². The Morgan fingerprint density at radius 2 is 1.38 bits per heavy atom. The number of carbonyl (C=O) groups is 1. The molecular formula is C19H14N2O4S. The Morgan fingerprint density at radius 1 is 0.808 bits per heavy atom. The summed E-state index contributed by atoms with van der Waals surface area (Å²) in [6, 6.07) is 23.8. The summed E-state index contributed by atoms with van der Waals surface area (Å²) in [7, 11) is -2.68. The predicted octanol–water partition coefficient (Wildman–Crippen LogP) is 4.02. The topological polar surface area (TPSA) is 76.0 Å². The molecule has 0 heterocycles. The summed E-state index contributed by atoms with van der Waals surface area (Å²) in [6.45, 7) is 0. The van der Waals surface area contributed by atoms with Crippen LogP contribution in [-0.2, 0) is 10.5 Å². The summed E-state index contributed by atoms with van der Waals surface area (Å²) in [5.74, 6) is -0.0728. The first-order valence-electron chi connectivity index (χ1n) is 7.68. The lowest BCUT2D eigenvalue weighted by Gasteiger charge is -2.23. The molecule has 0 fully saturated rings. The average molecular weight is 366 g/mol. The maximum atomic E-state index is 13.1. The molecule has 6 nitrogen and oxygen atoms in total.